The summed E-state index contributed by atoms with van der Waals surface area (Å²) in [6.45, 7) is 0. The lowest BCUT2D eigenvalue weighted by Gasteiger charge is -2.54. The Morgan fingerprint density at radius 2 is 1.62 bits per heavy atom. The first-order chi connectivity index (χ1) is 11.5. The minimum absolute atomic E-state index is 0.0758. The summed E-state index contributed by atoms with van der Waals surface area (Å²) in [5.41, 5.74) is 4.70. The SMILES string of the molecule is N#CC1(C#N)C(/C=N/NC(N)=S)C(c2ccccc2)C1(C#N)C#N. The first kappa shape index (κ1) is 16.9. The lowest BCUT2D eigenvalue weighted by atomic mass is 9.39. The van der Waals surface area contributed by atoms with E-state index in [0.717, 1.165) is 0 Å². The van der Waals surface area contributed by atoms with Crippen LogP contribution in [0.2, 0.25) is 0 Å². The van der Waals surface area contributed by atoms with Crippen LogP contribution in [0, 0.1) is 62.1 Å². The first-order valence-electron chi connectivity index (χ1n) is 6.81. The van der Waals surface area contributed by atoms with Crippen molar-refractivity contribution in [2.24, 2.45) is 27.6 Å². The number of hydrogen-bond donors (Lipinski definition) is 2. The molecule has 1 saturated carbocycles. The Morgan fingerprint density at radius 3 is 2.08 bits per heavy atom. The largest absolute Gasteiger partial charge is 0.375 e. The molecule has 1 aliphatic rings. The predicted octanol–water partition coefficient (Wildman–Crippen LogP) is 1.29. The van der Waals surface area contributed by atoms with Crippen molar-refractivity contribution in [3.05, 3.63) is 35.9 Å². The molecule has 0 aliphatic heterocycles. The van der Waals surface area contributed by atoms with Crippen molar-refractivity contribution < 1.29 is 0 Å². The second kappa shape index (κ2) is 6.34. The average Bonchev–Trinajstić information content (AvgIpc) is 2.59. The molecule has 2 unspecified atom stereocenters. The van der Waals surface area contributed by atoms with Crippen LogP contribution in [0.4, 0.5) is 0 Å². The van der Waals surface area contributed by atoms with Crippen LogP contribution in [0.5, 0.6) is 0 Å². The van der Waals surface area contributed by atoms with E-state index in [1.165, 1.54) is 6.21 Å². The van der Waals surface area contributed by atoms with E-state index >= 15 is 0 Å². The van der Waals surface area contributed by atoms with Gasteiger partial charge in [0.15, 0.2) is 15.9 Å². The highest BCUT2D eigenvalue weighted by molar-refractivity contribution is 7.80. The number of nitrogens with one attached hydrogen (secondary N) is 1. The van der Waals surface area contributed by atoms with Gasteiger partial charge < -0.3 is 5.73 Å². The smallest absolute Gasteiger partial charge is 0.184 e. The van der Waals surface area contributed by atoms with Crippen molar-refractivity contribution in [1.82, 2.24) is 5.43 Å². The van der Waals surface area contributed by atoms with Gasteiger partial charge in [-0.25, -0.2) is 0 Å². The van der Waals surface area contributed by atoms with E-state index in [1.54, 1.807) is 30.3 Å². The summed E-state index contributed by atoms with van der Waals surface area (Å²) >= 11 is 4.65. The van der Waals surface area contributed by atoms with E-state index in [-0.39, 0.29) is 5.11 Å². The van der Waals surface area contributed by atoms with Crippen LogP contribution in [-0.4, -0.2) is 11.3 Å². The molecule has 0 bridgehead atoms. The monoisotopic (exact) mass is 333 g/mol. The Bertz CT molecular complexity index is 820. The Labute approximate surface area is 144 Å². The van der Waals surface area contributed by atoms with Gasteiger partial charge in [0.05, 0.1) is 24.3 Å². The Balaban J connectivity index is 2.60. The number of nitrogens with two attached hydrogens (primary N) is 1. The summed E-state index contributed by atoms with van der Waals surface area (Å²) in [5, 5.41) is 42.1. The third-order valence-electron chi connectivity index (χ3n) is 4.22. The van der Waals surface area contributed by atoms with Crippen LogP contribution in [0.1, 0.15) is 11.5 Å². The molecular formula is C16H11N7S. The number of nitrogens with zero attached hydrogens (tertiary/aromatic N) is 5. The number of hydrogen-bond acceptors (Lipinski definition) is 6. The molecule has 3 N–H and O–H groups in total. The van der Waals surface area contributed by atoms with Gasteiger partial charge in [-0.2, -0.15) is 26.1 Å². The maximum atomic E-state index is 9.62. The van der Waals surface area contributed by atoms with Crippen molar-refractivity contribution >= 4 is 23.5 Å². The van der Waals surface area contributed by atoms with Gasteiger partial charge in [-0.1, -0.05) is 30.3 Å². The zero-order valence-corrected chi connectivity index (χ0v) is 13.2. The second-order valence-corrected chi connectivity index (χ2v) is 5.67. The lowest BCUT2D eigenvalue weighted by molar-refractivity contribution is 0.0463. The molecule has 2 atom stereocenters. The molecule has 7 nitrogen and oxygen atoms in total. The molecule has 0 radical (unpaired) electrons. The number of hydrazone groups is 1. The van der Waals surface area contributed by atoms with Crippen molar-refractivity contribution in [1.29, 1.82) is 21.0 Å². The van der Waals surface area contributed by atoms with Crippen LogP contribution in [0.15, 0.2) is 35.4 Å². The van der Waals surface area contributed by atoms with Gasteiger partial charge in [0.2, 0.25) is 0 Å². The van der Waals surface area contributed by atoms with Crippen LogP contribution in [0.25, 0.3) is 0 Å². The molecule has 0 heterocycles. The van der Waals surface area contributed by atoms with Crippen molar-refractivity contribution in [3.8, 4) is 24.3 Å². The summed E-state index contributed by atoms with van der Waals surface area (Å²) in [6.07, 6.45) is 1.32. The van der Waals surface area contributed by atoms with Gasteiger partial charge in [-0.05, 0) is 17.8 Å². The molecule has 24 heavy (non-hydrogen) atoms. The fourth-order valence-corrected chi connectivity index (χ4v) is 3.17. The maximum absolute atomic E-state index is 9.62. The van der Waals surface area contributed by atoms with Gasteiger partial charge in [0, 0.05) is 18.1 Å². The van der Waals surface area contributed by atoms with Crippen molar-refractivity contribution in [2.45, 2.75) is 5.92 Å². The Kier molecular flexibility index (Phi) is 4.47. The molecule has 0 aromatic heterocycles. The topological polar surface area (TPSA) is 146 Å². The molecule has 116 valence electrons. The Morgan fingerprint density at radius 1 is 1.08 bits per heavy atom. The van der Waals surface area contributed by atoms with Crippen LogP contribution in [0.3, 0.4) is 0 Å². The van der Waals surface area contributed by atoms with Crippen molar-refractivity contribution in [2.75, 3.05) is 0 Å². The van der Waals surface area contributed by atoms with Crippen LogP contribution >= 0.6 is 12.2 Å². The molecule has 0 amide bonds. The third-order valence-corrected chi connectivity index (χ3v) is 4.31. The lowest BCUT2D eigenvalue weighted by Crippen LogP contribution is -2.62. The number of benzene rings is 1. The molecule has 0 spiro atoms. The molecular weight excluding hydrogens is 322 g/mol. The number of nitriles is 4. The van der Waals surface area contributed by atoms with Crippen LogP contribution < -0.4 is 11.2 Å². The minimum Gasteiger partial charge on any atom is -0.375 e. The summed E-state index contributed by atoms with van der Waals surface area (Å²) in [4.78, 5) is 0. The Hall–Kier alpha value is -3.46. The number of rotatable bonds is 3. The predicted molar refractivity (Wildman–Crippen MR) is 88.4 cm³/mol. The highest BCUT2D eigenvalue weighted by Crippen LogP contribution is 2.67. The van der Waals surface area contributed by atoms with E-state index < -0.39 is 22.7 Å². The molecule has 1 aromatic carbocycles. The summed E-state index contributed by atoms with van der Waals surface area (Å²) in [5.74, 6) is -1.44. The summed E-state index contributed by atoms with van der Waals surface area (Å²) < 4.78 is 0. The molecule has 2 rings (SSSR count). The molecule has 8 heteroatoms. The van der Waals surface area contributed by atoms with Gasteiger partial charge in [0.1, 0.15) is 0 Å². The fourth-order valence-electron chi connectivity index (χ4n) is 3.12. The van der Waals surface area contributed by atoms with E-state index in [2.05, 4.69) is 22.7 Å². The first-order valence-corrected chi connectivity index (χ1v) is 7.22. The molecule has 0 saturated heterocycles. The summed E-state index contributed by atoms with van der Waals surface area (Å²) in [6, 6.07) is 16.3. The van der Waals surface area contributed by atoms with E-state index in [9.17, 15) is 21.0 Å². The highest BCUT2D eigenvalue weighted by Gasteiger charge is 2.75. The van der Waals surface area contributed by atoms with Gasteiger partial charge in [0.25, 0.3) is 0 Å². The van der Waals surface area contributed by atoms with Crippen molar-refractivity contribution in [3.63, 3.8) is 0 Å². The zero-order valence-electron chi connectivity index (χ0n) is 12.3. The zero-order chi connectivity index (χ0) is 17.8. The fraction of sp³-hybridized carbons (Fsp3) is 0.250. The van der Waals surface area contributed by atoms with E-state index in [0.29, 0.717) is 5.56 Å². The van der Waals surface area contributed by atoms with E-state index in [1.807, 2.05) is 24.3 Å². The van der Waals surface area contributed by atoms with Gasteiger partial charge in [-0.15, -0.1) is 0 Å². The van der Waals surface area contributed by atoms with Crippen LogP contribution in [-0.2, 0) is 0 Å². The standard InChI is InChI=1S/C16H11N7S/c17-7-15(8-18)12(6-22-23-14(21)24)13(16(15,9-19)10-20)11-4-2-1-3-5-11/h1-6,12-13H,(H3,21,23,24)/b22-6+. The normalized spacial score (nSPS) is 22.8. The highest BCUT2D eigenvalue weighted by atomic mass is 32.1. The average molecular weight is 333 g/mol. The summed E-state index contributed by atoms with van der Waals surface area (Å²) in [7, 11) is 0. The molecule has 1 aliphatic carbocycles. The second-order valence-electron chi connectivity index (χ2n) is 5.23. The van der Waals surface area contributed by atoms with E-state index in [4.69, 9.17) is 5.73 Å². The number of thiocarbonyl (C=S) groups is 1. The minimum atomic E-state index is -1.83. The third kappa shape index (κ3) is 2.15. The quantitative estimate of drug-likeness (QED) is 0.481. The van der Waals surface area contributed by atoms with Gasteiger partial charge >= 0.3 is 0 Å². The van der Waals surface area contributed by atoms with Gasteiger partial charge in [-0.3, -0.25) is 5.43 Å². The molecule has 1 fully saturated rings. The molecule has 1 aromatic rings. The maximum Gasteiger partial charge on any atom is 0.184 e.